The number of carbonyl (C=O) groups is 2. The molecule has 0 spiro atoms. The van der Waals surface area contributed by atoms with Crippen LogP contribution in [0.2, 0.25) is 0 Å². The highest BCUT2D eigenvalue weighted by molar-refractivity contribution is 7.07. The third-order valence-corrected chi connectivity index (χ3v) is 3.14. The molecule has 0 saturated heterocycles. The Morgan fingerprint density at radius 1 is 1.53 bits per heavy atom. The fourth-order valence-electron chi connectivity index (χ4n) is 1.56. The molecule has 1 aromatic rings. The van der Waals surface area contributed by atoms with Crippen molar-refractivity contribution in [1.29, 1.82) is 0 Å². The third kappa shape index (κ3) is 3.24. The number of nitrogens with zero attached hydrogens (tertiary/aromatic N) is 1. The second kappa shape index (κ2) is 5.24. The molecule has 7 heteroatoms. The van der Waals surface area contributed by atoms with Crippen molar-refractivity contribution in [1.82, 2.24) is 15.6 Å². The van der Waals surface area contributed by atoms with Gasteiger partial charge in [0.15, 0.2) is 0 Å². The molecule has 17 heavy (non-hydrogen) atoms. The largest absolute Gasteiger partial charge is 0.393 e. The number of thiazole rings is 1. The minimum absolute atomic E-state index is 0.0358. The lowest BCUT2D eigenvalue weighted by molar-refractivity contribution is -0.122. The van der Waals surface area contributed by atoms with Gasteiger partial charge in [-0.25, -0.2) is 4.98 Å². The topological polar surface area (TPSA) is 91.3 Å². The van der Waals surface area contributed by atoms with Crippen LogP contribution in [0.4, 0.5) is 0 Å². The first-order chi connectivity index (χ1) is 8.15. The second-order valence-corrected chi connectivity index (χ2v) is 4.66. The van der Waals surface area contributed by atoms with Gasteiger partial charge in [-0.05, 0) is 12.8 Å². The van der Waals surface area contributed by atoms with Crippen molar-refractivity contribution >= 4 is 23.2 Å². The fourth-order valence-corrected chi connectivity index (χ4v) is 2.09. The number of aliphatic hydroxyl groups is 1. The molecular weight excluding hydrogens is 242 g/mol. The molecule has 6 nitrogen and oxygen atoms in total. The summed E-state index contributed by atoms with van der Waals surface area (Å²) >= 11 is 1.33. The Morgan fingerprint density at radius 2 is 2.29 bits per heavy atom. The van der Waals surface area contributed by atoms with Crippen LogP contribution >= 0.6 is 11.3 Å². The normalized spacial score (nSPS) is 22.6. The molecule has 92 valence electrons. The summed E-state index contributed by atoms with van der Waals surface area (Å²) in [6, 6.07) is 0.0358. The van der Waals surface area contributed by atoms with E-state index in [1.165, 1.54) is 11.3 Å². The van der Waals surface area contributed by atoms with Crippen molar-refractivity contribution in [2.75, 3.05) is 6.54 Å². The molecule has 0 bridgehead atoms. The molecule has 2 amide bonds. The van der Waals surface area contributed by atoms with Crippen LogP contribution in [0.15, 0.2) is 10.9 Å². The van der Waals surface area contributed by atoms with Crippen molar-refractivity contribution in [2.45, 2.75) is 25.0 Å². The van der Waals surface area contributed by atoms with Gasteiger partial charge in [-0.1, -0.05) is 0 Å². The smallest absolute Gasteiger partial charge is 0.271 e. The molecule has 0 atom stereocenters. The van der Waals surface area contributed by atoms with Gasteiger partial charge in [0.25, 0.3) is 5.91 Å². The summed E-state index contributed by atoms with van der Waals surface area (Å²) in [5.41, 5.74) is 1.88. The molecule has 0 radical (unpaired) electrons. The summed E-state index contributed by atoms with van der Waals surface area (Å²) in [7, 11) is 0. The molecule has 1 saturated carbocycles. The molecule has 3 N–H and O–H groups in total. The first-order valence-corrected chi connectivity index (χ1v) is 6.23. The summed E-state index contributed by atoms with van der Waals surface area (Å²) in [6.45, 7) is -0.0665. The number of rotatable bonds is 4. The summed E-state index contributed by atoms with van der Waals surface area (Å²) < 4.78 is 0. The van der Waals surface area contributed by atoms with Gasteiger partial charge in [0.05, 0.1) is 18.2 Å². The Labute approximate surface area is 102 Å². The Morgan fingerprint density at radius 3 is 2.88 bits per heavy atom. The van der Waals surface area contributed by atoms with Crippen LogP contribution in [0.5, 0.6) is 0 Å². The minimum Gasteiger partial charge on any atom is -0.393 e. The van der Waals surface area contributed by atoms with Crippen molar-refractivity contribution in [3.8, 4) is 0 Å². The zero-order valence-electron chi connectivity index (χ0n) is 9.05. The quantitative estimate of drug-likeness (QED) is 0.677. The van der Waals surface area contributed by atoms with Crippen molar-refractivity contribution in [3.63, 3.8) is 0 Å². The van der Waals surface area contributed by atoms with E-state index in [4.69, 9.17) is 5.11 Å². The summed E-state index contributed by atoms with van der Waals surface area (Å²) in [5.74, 6) is -0.597. The number of carbonyl (C=O) groups excluding carboxylic acids is 2. The molecule has 0 unspecified atom stereocenters. The predicted octanol–water partition coefficient (Wildman–Crippen LogP) is -0.488. The number of hydrogen-bond donors (Lipinski definition) is 3. The van der Waals surface area contributed by atoms with Gasteiger partial charge in [0.1, 0.15) is 5.69 Å². The maximum absolute atomic E-state index is 11.4. The Kier molecular flexibility index (Phi) is 3.70. The van der Waals surface area contributed by atoms with E-state index in [1.54, 1.807) is 10.9 Å². The first kappa shape index (κ1) is 12.0. The van der Waals surface area contributed by atoms with E-state index < -0.39 is 0 Å². The molecular formula is C10H13N3O3S. The molecule has 1 fully saturated rings. The molecule has 1 heterocycles. The lowest BCUT2D eigenvalue weighted by atomic mass is 9.89. The molecule has 0 aromatic carbocycles. The zero-order valence-corrected chi connectivity index (χ0v) is 9.87. The van der Waals surface area contributed by atoms with E-state index in [-0.39, 0.29) is 30.5 Å². The van der Waals surface area contributed by atoms with Crippen LogP contribution < -0.4 is 10.6 Å². The highest BCUT2D eigenvalue weighted by Gasteiger charge is 2.28. The van der Waals surface area contributed by atoms with E-state index >= 15 is 0 Å². The van der Waals surface area contributed by atoms with Gasteiger partial charge < -0.3 is 15.7 Å². The number of amides is 2. The lowest BCUT2D eigenvalue weighted by Gasteiger charge is -2.31. The average Bonchev–Trinajstić information content (AvgIpc) is 2.77. The summed E-state index contributed by atoms with van der Waals surface area (Å²) in [4.78, 5) is 26.7. The Balaban J connectivity index is 1.68. The third-order valence-electron chi connectivity index (χ3n) is 2.55. The number of aromatic nitrogens is 1. The van der Waals surface area contributed by atoms with Crippen LogP contribution in [-0.2, 0) is 4.79 Å². The van der Waals surface area contributed by atoms with Crippen LogP contribution in [0.3, 0.4) is 0 Å². The minimum atomic E-state index is -0.352. The Bertz CT molecular complexity index is 401. The molecule has 1 aromatic heterocycles. The van der Waals surface area contributed by atoms with Crippen LogP contribution in [0, 0.1) is 0 Å². The number of nitrogens with one attached hydrogen (secondary N) is 2. The summed E-state index contributed by atoms with van der Waals surface area (Å²) in [5, 5.41) is 15.9. The van der Waals surface area contributed by atoms with Gasteiger partial charge >= 0.3 is 0 Å². The molecule has 0 aliphatic heterocycles. The molecule has 1 aliphatic carbocycles. The fraction of sp³-hybridized carbons (Fsp3) is 0.500. The highest BCUT2D eigenvalue weighted by atomic mass is 32.1. The maximum Gasteiger partial charge on any atom is 0.271 e. The van der Waals surface area contributed by atoms with E-state index in [0.717, 1.165) is 0 Å². The van der Waals surface area contributed by atoms with E-state index in [1.807, 2.05) is 0 Å². The van der Waals surface area contributed by atoms with Crippen LogP contribution in [-0.4, -0.2) is 40.6 Å². The van der Waals surface area contributed by atoms with E-state index in [0.29, 0.717) is 18.5 Å². The van der Waals surface area contributed by atoms with Gasteiger partial charge in [0.2, 0.25) is 5.91 Å². The number of aliphatic hydroxyl groups excluding tert-OH is 1. The zero-order chi connectivity index (χ0) is 12.3. The molecule has 1 aliphatic rings. The standard InChI is InChI=1S/C10H13N3O3S/c14-7-1-6(2-7)13-9(15)3-11-10(16)8-4-17-5-12-8/h4-7,14H,1-3H2,(H,11,16)(H,13,15). The average molecular weight is 255 g/mol. The van der Waals surface area contributed by atoms with Gasteiger partial charge in [-0.3, -0.25) is 9.59 Å². The van der Waals surface area contributed by atoms with Crippen molar-refractivity contribution < 1.29 is 14.7 Å². The van der Waals surface area contributed by atoms with Gasteiger partial charge in [-0.15, -0.1) is 11.3 Å². The van der Waals surface area contributed by atoms with Gasteiger partial charge in [0, 0.05) is 11.4 Å². The van der Waals surface area contributed by atoms with E-state index in [2.05, 4.69) is 15.6 Å². The number of hydrogen-bond acceptors (Lipinski definition) is 5. The monoisotopic (exact) mass is 255 g/mol. The van der Waals surface area contributed by atoms with E-state index in [9.17, 15) is 9.59 Å². The first-order valence-electron chi connectivity index (χ1n) is 5.29. The Hall–Kier alpha value is -1.47. The van der Waals surface area contributed by atoms with Crippen molar-refractivity contribution in [3.05, 3.63) is 16.6 Å². The highest BCUT2D eigenvalue weighted by Crippen LogP contribution is 2.18. The van der Waals surface area contributed by atoms with Crippen LogP contribution in [0.25, 0.3) is 0 Å². The maximum atomic E-state index is 11.4. The second-order valence-electron chi connectivity index (χ2n) is 3.95. The SMILES string of the molecule is O=C(CNC(=O)c1cscn1)NC1CC(O)C1. The summed E-state index contributed by atoms with van der Waals surface area (Å²) in [6.07, 6.45) is 0.877. The van der Waals surface area contributed by atoms with Gasteiger partial charge in [-0.2, -0.15) is 0 Å². The predicted molar refractivity (Wildman–Crippen MR) is 61.6 cm³/mol. The lowest BCUT2D eigenvalue weighted by Crippen LogP contribution is -2.49. The van der Waals surface area contributed by atoms with Crippen LogP contribution in [0.1, 0.15) is 23.3 Å². The molecule has 2 rings (SSSR count). The van der Waals surface area contributed by atoms with Crippen molar-refractivity contribution in [2.24, 2.45) is 0 Å².